The second-order valence-corrected chi connectivity index (χ2v) is 36.1. The molecule has 0 bridgehead atoms. The van der Waals surface area contributed by atoms with Crippen molar-refractivity contribution >= 4 is 39.5 Å². The second kappa shape index (κ2) is 83.5. The highest BCUT2D eigenvalue weighted by Gasteiger charge is 2.31. The molecule has 0 spiro atoms. The largest absolute Gasteiger partial charge is 0.472 e. The molecule has 0 saturated heterocycles. The fourth-order valence-electron chi connectivity index (χ4n) is 14.4. The summed E-state index contributed by atoms with van der Waals surface area (Å²) in [5, 5.41) is 10.7. The normalized spacial score (nSPS) is 13.7. The molecule has 0 aromatic carbocycles. The Hall–Kier alpha value is -1.94. The molecule has 3 N–H and O–H groups in total. The van der Waals surface area contributed by atoms with Gasteiger partial charge in [-0.25, -0.2) is 9.13 Å². The van der Waals surface area contributed by atoms with Crippen molar-refractivity contribution in [1.82, 2.24) is 0 Å². The van der Waals surface area contributed by atoms with Gasteiger partial charge in [-0.2, -0.15) is 0 Å². The molecule has 2 unspecified atom stereocenters. The number of phosphoric acid groups is 2. The zero-order valence-electron chi connectivity index (χ0n) is 72.4. The maximum atomic E-state index is 13.2. The first-order valence-electron chi connectivity index (χ1n) is 47.1. The fourth-order valence-corrected chi connectivity index (χ4v) is 15.9. The van der Waals surface area contributed by atoms with E-state index in [0.29, 0.717) is 25.7 Å². The van der Waals surface area contributed by atoms with Crippen molar-refractivity contribution in [2.75, 3.05) is 39.6 Å². The topological polar surface area (TPSA) is 237 Å². The third-order valence-electron chi connectivity index (χ3n) is 21.5. The Morgan fingerprint density at radius 3 is 0.618 bits per heavy atom. The highest BCUT2D eigenvalue weighted by molar-refractivity contribution is 7.47. The van der Waals surface area contributed by atoms with Gasteiger partial charge in [-0.1, -0.05) is 446 Å². The predicted octanol–water partition coefficient (Wildman–Crippen LogP) is 28.3. The number of ether oxygens (including phenoxy) is 4. The van der Waals surface area contributed by atoms with Gasteiger partial charge in [-0.3, -0.25) is 37.3 Å². The van der Waals surface area contributed by atoms with E-state index in [1.807, 2.05) is 0 Å². The summed E-state index contributed by atoms with van der Waals surface area (Å²) < 4.78 is 69.1. The molecule has 0 aliphatic rings. The third kappa shape index (κ3) is 84.0. The smallest absolute Gasteiger partial charge is 0.462 e. The Morgan fingerprint density at radius 2 is 0.418 bits per heavy atom. The SMILES string of the molecule is CCCCCCCCCCCCCCCCCCCCCCCCC(=O)O[C@H](COC(=O)CCCCCCCCCCCCCCCCCCC(C)C)COP(=O)(O)OC[C@@H](O)COP(=O)(O)OC[C@@H](COC(=O)CCCCCCCCCCCCC)OC(=O)CCCCCCCCCCCCCCCCCCCC. The van der Waals surface area contributed by atoms with E-state index >= 15 is 0 Å². The first kappa shape index (κ1) is 108. The van der Waals surface area contributed by atoms with Crippen molar-refractivity contribution in [2.45, 2.75) is 515 Å². The maximum absolute atomic E-state index is 13.2. The first-order valence-corrected chi connectivity index (χ1v) is 50.1. The molecular weight excluding hydrogens is 1430 g/mol. The van der Waals surface area contributed by atoms with E-state index in [0.717, 1.165) is 95.8 Å². The molecule has 0 rings (SSSR count). The van der Waals surface area contributed by atoms with Gasteiger partial charge in [0.05, 0.1) is 26.4 Å². The zero-order valence-corrected chi connectivity index (χ0v) is 74.2. The predicted molar refractivity (Wildman–Crippen MR) is 455 cm³/mol. The molecule has 0 aliphatic heterocycles. The molecule has 5 atom stereocenters. The molecule has 0 aromatic heterocycles. The number of carbonyl (C=O) groups excluding carboxylic acids is 4. The number of aliphatic hydroxyl groups is 1. The van der Waals surface area contributed by atoms with Gasteiger partial charge in [0.15, 0.2) is 12.2 Å². The van der Waals surface area contributed by atoms with Crippen LogP contribution in [0.5, 0.6) is 0 Å². The molecule has 0 saturated carbocycles. The maximum Gasteiger partial charge on any atom is 0.472 e. The quantitative estimate of drug-likeness (QED) is 0.0222. The Balaban J connectivity index is 5.23. The summed E-state index contributed by atoms with van der Waals surface area (Å²) in [6, 6.07) is 0. The van der Waals surface area contributed by atoms with E-state index < -0.39 is 97.5 Å². The van der Waals surface area contributed by atoms with Crippen molar-refractivity contribution in [2.24, 2.45) is 5.92 Å². The molecule has 0 aromatic rings. The van der Waals surface area contributed by atoms with Crippen LogP contribution in [-0.2, 0) is 65.4 Å². The summed E-state index contributed by atoms with van der Waals surface area (Å²) in [6.07, 6.45) is 79.2. The van der Waals surface area contributed by atoms with E-state index in [4.69, 9.17) is 37.0 Å². The summed E-state index contributed by atoms with van der Waals surface area (Å²) in [4.78, 5) is 73.4. The molecular formula is C91H178O17P2. The second-order valence-electron chi connectivity index (χ2n) is 33.2. The molecule has 0 fully saturated rings. The molecule has 19 heteroatoms. The summed E-state index contributed by atoms with van der Waals surface area (Å²) in [5.74, 6) is -1.28. The molecule has 17 nitrogen and oxygen atoms in total. The van der Waals surface area contributed by atoms with Gasteiger partial charge in [-0.15, -0.1) is 0 Å². The fraction of sp³-hybridized carbons (Fsp3) is 0.956. The van der Waals surface area contributed by atoms with Crippen LogP contribution in [-0.4, -0.2) is 96.7 Å². The number of unbranched alkanes of at least 4 members (excludes halogenated alkanes) is 63. The van der Waals surface area contributed by atoms with Gasteiger partial charge >= 0.3 is 39.5 Å². The average Bonchev–Trinajstić information content (AvgIpc) is 0.898. The van der Waals surface area contributed by atoms with Crippen LogP contribution in [0.2, 0.25) is 0 Å². The van der Waals surface area contributed by atoms with Crippen molar-refractivity contribution in [3.63, 3.8) is 0 Å². The lowest BCUT2D eigenvalue weighted by atomic mass is 10.0. The minimum absolute atomic E-state index is 0.109. The van der Waals surface area contributed by atoms with Crippen LogP contribution >= 0.6 is 15.6 Å². The van der Waals surface area contributed by atoms with Crippen LogP contribution in [0, 0.1) is 5.92 Å². The Kier molecular flexibility index (Phi) is 82.1. The highest BCUT2D eigenvalue weighted by Crippen LogP contribution is 2.45. The van der Waals surface area contributed by atoms with Crippen molar-refractivity contribution in [1.29, 1.82) is 0 Å². The van der Waals surface area contributed by atoms with E-state index in [1.165, 1.54) is 321 Å². The number of aliphatic hydroxyl groups excluding tert-OH is 1. The summed E-state index contributed by atoms with van der Waals surface area (Å²) in [5.41, 5.74) is 0. The number of carbonyl (C=O) groups is 4. The van der Waals surface area contributed by atoms with Gasteiger partial charge in [0.2, 0.25) is 0 Å². The number of rotatable bonds is 91. The van der Waals surface area contributed by atoms with Gasteiger partial charge in [-0.05, 0) is 31.6 Å². The standard InChI is InChI=1S/C91H178O17P2/c1-6-9-12-15-18-21-24-26-28-30-32-33-34-35-37-43-47-52-57-62-67-72-77-91(96)108-87(81-102-89(94)75-70-65-60-55-50-45-41-39-38-40-44-49-53-58-63-68-73-84(4)5)83-106-110(99,100)104-79-85(92)78-103-109(97,98)105-82-86(80-101-88(93)74-69-64-59-54-48-23-20-17-14-11-8-3)107-90(95)76-71-66-61-56-51-46-42-36-31-29-27-25-22-19-16-13-10-7-2/h84-87,92H,6-83H2,1-5H3,(H,97,98)(H,99,100)/t85-,86+,87+/m0/s1. The van der Waals surface area contributed by atoms with Crippen LogP contribution in [0.1, 0.15) is 497 Å². The lowest BCUT2D eigenvalue weighted by molar-refractivity contribution is -0.161. The Bertz CT molecular complexity index is 2080. The van der Waals surface area contributed by atoms with Crippen LogP contribution in [0.15, 0.2) is 0 Å². The molecule has 0 amide bonds. The number of hydrogen-bond acceptors (Lipinski definition) is 15. The highest BCUT2D eigenvalue weighted by atomic mass is 31.2. The number of hydrogen-bond donors (Lipinski definition) is 3. The van der Waals surface area contributed by atoms with E-state index in [-0.39, 0.29) is 25.7 Å². The summed E-state index contributed by atoms with van der Waals surface area (Å²) in [7, 11) is -9.93. The lowest BCUT2D eigenvalue weighted by Crippen LogP contribution is -2.30. The van der Waals surface area contributed by atoms with Gasteiger partial charge in [0.25, 0.3) is 0 Å². The van der Waals surface area contributed by atoms with E-state index in [9.17, 15) is 43.2 Å². The van der Waals surface area contributed by atoms with Crippen molar-refractivity contribution in [3.8, 4) is 0 Å². The minimum Gasteiger partial charge on any atom is -0.462 e. The number of phosphoric ester groups is 2. The molecule has 654 valence electrons. The summed E-state index contributed by atoms with van der Waals surface area (Å²) in [6.45, 7) is 7.42. The Morgan fingerprint density at radius 1 is 0.245 bits per heavy atom. The molecule has 110 heavy (non-hydrogen) atoms. The van der Waals surface area contributed by atoms with Crippen LogP contribution < -0.4 is 0 Å². The van der Waals surface area contributed by atoms with Crippen LogP contribution in [0.3, 0.4) is 0 Å². The van der Waals surface area contributed by atoms with Crippen molar-refractivity contribution < 1.29 is 80.2 Å². The molecule has 0 heterocycles. The molecule has 0 radical (unpaired) electrons. The first-order chi connectivity index (χ1) is 53.5. The summed E-state index contributed by atoms with van der Waals surface area (Å²) >= 11 is 0. The van der Waals surface area contributed by atoms with Crippen LogP contribution in [0.25, 0.3) is 0 Å². The number of esters is 4. The van der Waals surface area contributed by atoms with Crippen molar-refractivity contribution in [3.05, 3.63) is 0 Å². The van der Waals surface area contributed by atoms with Gasteiger partial charge in [0.1, 0.15) is 19.3 Å². The third-order valence-corrected chi connectivity index (χ3v) is 23.4. The molecule has 0 aliphatic carbocycles. The van der Waals surface area contributed by atoms with Crippen LogP contribution in [0.4, 0.5) is 0 Å². The van der Waals surface area contributed by atoms with Gasteiger partial charge < -0.3 is 33.8 Å². The zero-order chi connectivity index (χ0) is 80.4. The van der Waals surface area contributed by atoms with E-state index in [1.54, 1.807) is 0 Å². The minimum atomic E-state index is -4.97. The Labute approximate surface area is 677 Å². The monoisotopic (exact) mass is 1610 g/mol. The lowest BCUT2D eigenvalue weighted by Gasteiger charge is -2.21. The van der Waals surface area contributed by atoms with E-state index in [2.05, 4.69) is 34.6 Å². The van der Waals surface area contributed by atoms with Gasteiger partial charge in [0, 0.05) is 25.7 Å². The average molecular weight is 1610 g/mol.